The second kappa shape index (κ2) is 4.53. The summed E-state index contributed by atoms with van der Waals surface area (Å²) < 4.78 is 1.17. The van der Waals surface area contributed by atoms with Gasteiger partial charge in [-0.25, -0.2) is 0 Å². The fourth-order valence-corrected chi connectivity index (χ4v) is 3.01. The highest BCUT2D eigenvalue weighted by molar-refractivity contribution is 9.10. The third-order valence-corrected chi connectivity index (χ3v) is 4.02. The van der Waals surface area contributed by atoms with Crippen LogP contribution in [0.2, 0.25) is 0 Å². The first-order chi connectivity index (χ1) is 8.34. The first-order valence-corrected chi connectivity index (χ1v) is 6.70. The number of para-hydroxylation sites is 1. The fraction of sp³-hybridized carbons (Fsp3) is 0.200. The van der Waals surface area contributed by atoms with Gasteiger partial charge in [-0.15, -0.1) is 0 Å². The monoisotopic (exact) mass is 287 g/mol. The van der Waals surface area contributed by atoms with Crippen LogP contribution in [0.5, 0.6) is 0 Å². The summed E-state index contributed by atoms with van der Waals surface area (Å²) in [6.45, 7) is 1.01. The fourth-order valence-electron chi connectivity index (χ4n) is 2.46. The molecule has 0 fully saturated rings. The summed E-state index contributed by atoms with van der Waals surface area (Å²) in [5.41, 5.74) is 4.09. The number of fused-ring (bicyclic) bond motifs is 1. The van der Waals surface area contributed by atoms with E-state index in [1.54, 1.807) is 0 Å². The molecule has 1 heterocycles. The molecule has 1 aliphatic heterocycles. The molecular formula is C15H14BrN. The first-order valence-electron chi connectivity index (χ1n) is 5.91. The highest BCUT2D eigenvalue weighted by Gasteiger charge is 2.20. The Morgan fingerprint density at radius 1 is 1.00 bits per heavy atom. The predicted molar refractivity (Wildman–Crippen MR) is 75.5 cm³/mol. The maximum absolute atomic E-state index is 3.60. The molecule has 0 aromatic heterocycles. The number of hydrogen-bond acceptors (Lipinski definition) is 1. The molecule has 0 bridgehead atoms. The molecule has 1 nitrogen and oxygen atoms in total. The molecule has 0 saturated carbocycles. The zero-order valence-corrected chi connectivity index (χ0v) is 11.1. The highest BCUT2D eigenvalue weighted by atomic mass is 79.9. The van der Waals surface area contributed by atoms with Crippen LogP contribution >= 0.6 is 15.9 Å². The van der Waals surface area contributed by atoms with E-state index >= 15 is 0 Å². The van der Waals surface area contributed by atoms with E-state index in [1.807, 2.05) is 0 Å². The van der Waals surface area contributed by atoms with Crippen molar-refractivity contribution in [2.75, 3.05) is 11.9 Å². The number of benzene rings is 2. The van der Waals surface area contributed by atoms with Crippen molar-refractivity contribution in [3.8, 4) is 0 Å². The summed E-state index contributed by atoms with van der Waals surface area (Å²) in [7, 11) is 0. The molecule has 2 aromatic rings. The molecule has 3 rings (SSSR count). The van der Waals surface area contributed by atoms with Crippen LogP contribution in [-0.4, -0.2) is 6.54 Å². The lowest BCUT2D eigenvalue weighted by Crippen LogP contribution is -2.21. The van der Waals surface area contributed by atoms with Crippen LogP contribution in [0.4, 0.5) is 5.69 Å². The van der Waals surface area contributed by atoms with E-state index in [2.05, 4.69) is 69.8 Å². The Hall–Kier alpha value is -1.28. The maximum atomic E-state index is 3.60. The highest BCUT2D eigenvalue weighted by Crippen LogP contribution is 2.34. The van der Waals surface area contributed by atoms with Crippen molar-refractivity contribution in [2.45, 2.75) is 12.3 Å². The third-order valence-electron chi connectivity index (χ3n) is 3.36. The second-order valence-corrected chi connectivity index (χ2v) is 5.32. The van der Waals surface area contributed by atoms with E-state index in [1.165, 1.54) is 21.3 Å². The van der Waals surface area contributed by atoms with Crippen molar-refractivity contribution >= 4 is 21.6 Å². The molecule has 1 unspecified atom stereocenters. The average molecular weight is 288 g/mol. The molecule has 1 atom stereocenters. The predicted octanol–water partition coefficient (Wildman–Crippen LogP) is 4.20. The lowest BCUT2D eigenvalue weighted by atomic mass is 9.88. The number of rotatable bonds is 1. The van der Waals surface area contributed by atoms with E-state index < -0.39 is 0 Å². The Balaban J connectivity index is 1.91. The summed E-state index contributed by atoms with van der Waals surface area (Å²) in [5.74, 6) is 0.581. The van der Waals surface area contributed by atoms with Crippen molar-refractivity contribution in [1.82, 2.24) is 0 Å². The number of halogens is 1. The standard InChI is InChI=1S/C15H14BrN/c16-14-8-4-7-12-9-13(10-17-15(12)14)11-5-2-1-3-6-11/h1-8,13,17H,9-10H2. The number of anilines is 1. The quantitative estimate of drug-likeness (QED) is 0.829. The van der Waals surface area contributed by atoms with Gasteiger partial charge in [0.2, 0.25) is 0 Å². The van der Waals surface area contributed by atoms with Gasteiger partial charge in [-0.1, -0.05) is 42.5 Å². The Bertz CT molecular complexity index is 522. The maximum Gasteiger partial charge on any atom is 0.0517 e. The van der Waals surface area contributed by atoms with Gasteiger partial charge in [-0.3, -0.25) is 0 Å². The van der Waals surface area contributed by atoms with Gasteiger partial charge in [0.1, 0.15) is 0 Å². The van der Waals surface area contributed by atoms with Crippen molar-refractivity contribution in [1.29, 1.82) is 0 Å². The van der Waals surface area contributed by atoms with Gasteiger partial charge in [0.25, 0.3) is 0 Å². The molecule has 0 saturated heterocycles. The van der Waals surface area contributed by atoms with E-state index in [4.69, 9.17) is 0 Å². The molecule has 86 valence electrons. The van der Waals surface area contributed by atoms with Gasteiger partial charge in [0, 0.05) is 16.9 Å². The summed E-state index contributed by atoms with van der Waals surface area (Å²) in [5, 5.41) is 3.53. The third kappa shape index (κ3) is 2.09. The van der Waals surface area contributed by atoms with Crippen LogP contribution < -0.4 is 5.32 Å². The van der Waals surface area contributed by atoms with E-state index in [9.17, 15) is 0 Å². The van der Waals surface area contributed by atoms with E-state index in [-0.39, 0.29) is 0 Å². The Kier molecular flexibility index (Phi) is 2.89. The van der Waals surface area contributed by atoms with Gasteiger partial charge in [0.05, 0.1) is 5.69 Å². The molecule has 0 aliphatic carbocycles. The topological polar surface area (TPSA) is 12.0 Å². The average Bonchev–Trinajstić information content (AvgIpc) is 2.40. The van der Waals surface area contributed by atoms with Crippen LogP contribution in [0.15, 0.2) is 53.0 Å². The SMILES string of the molecule is Brc1cccc2c1NCC(c1ccccc1)C2. The molecular weight excluding hydrogens is 274 g/mol. The van der Waals surface area contributed by atoms with Crippen molar-refractivity contribution in [3.05, 3.63) is 64.1 Å². The zero-order valence-electron chi connectivity index (χ0n) is 9.49. The van der Waals surface area contributed by atoms with Gasteiger partial charge in [-0.2, -0.15) is 0 Å². The lowest BCUT2D eigenvalue weighted by Gasteiger charge is -2.27. The molecule has 0 amide bonds. The van der Waals surface area contributed by atoms with Gasteiger partial charge in [0.15, 0.2) is 0 Å². The largest absolute Gasteiger partial charge is 0.383 e. The van der Waals surface area contributed by atoms with Crippen molar-refractivity contribution in [3.63, 3.8) is 0 Å². The molecule has 0 radical (unpaired) electrons. The Morgan fingerprint density at radius 3 is 2.65 bits per heavy atom. The molecule has 1 aliphatic rings. The van der Waals surface area contributed by atoms with Crippen LogP contribution in [0, 0.1) is 0 Å². The molecule has 2 heteroatoms. The van der Waals surface area contributed by atoms with E-state index in [0.29, 0.717) is 5.92 Å². The van der Waals surface area contributed by atoms with Crippen LogP contribution in [0.3, 0.4) is 0 Å². The number of nitrogens with one attached hydrogen (secondary N) is 1. The molecule has 0 spiro atoms. The molecule has 1 N–H and O–H groups in total. The summed E-state index contributed by atoms with van der Waals surface area (Å²) >= 11 is 3.60. The molecule has 2 aromatic carbocycles. The second-order valence-electron chi connectivity index (χ2n) is 4.47. The van der Waals surface area contributed by atoms with E-state index in [0.717, 1.165) is 13.0 Å². The number of hydrogen-bond donors (Lipinski definition) is 1. The zero-order chi connectivity index (χ0) is 11.7. The van der Waals surface area contributed by atoms with Gasteiger partial charge >= 0.3 is 0 Å². The van der Waals surface area contributed by atoms with Crippen molar-refractivity contribution < 1.29 is 0 Å². The van der Waals surface area contributed by atoms with Crippen LogP contribution in [-0.2, 0) is 6.42 Å². The Morgan fingerprint density at radius 2 is 1.82 bits per heavy atom. The van der Waals surface area contributed by atoms with Crippen LogP contribution in [0.1, 0.15) is 17.0 Å². The summed E-state index contributed by atoms with van der Waals surface area (Å²) in [4.78, 5) is 0. The van der Waals surface area contributed by atoms with Gasteiger partial charge in [-0.05, 0) is 39.5 Å². The van der Waals surface area contributed by atoms with Gasteiger partial charge < -0.3 is 5.32 Å². The Labute approximate surface area is 110 Å². The lowest BCUT2D eigenvalue weighted by molar-refractivity contribution is 0.694. The summed E-state index contributed by atoms with van der Waals surface area (Å²) in [6.07, 6.45) is 1.12. The minimum atomic E-state index is 0.581. The normalized spacial score (nSPS) is 18.3. The van der Waals surface area contributed by atoms with Crippen LogP contribution in [0.25, 0.3) is 0 Å². The minimum Gasteiger partial charge on any atom is -0.383 e. The first kappa shape index (κ1) is 10.8. The molecule has 17 heavy (non-hydrogen) atoms. The summed E-state index contributed by atoms with van der Waals surface area (Å²) in [6, 6.07) is 17.2. The minimum absolute atomic E-state index is 0.581. The van der Waals surface area contributed by atoms with Crippen molar-refractivity contribution in [2.24, 2.45) is 0 Å². The smallest absolute Gasteiger partial charge is 0.0517 e.